The monoisotopic (exact) mass is 471 g/mol. The van der Waals surface area contributed by atoms with E-state index in [1.807, 2.05) is 30.3 Å². The first-order chi connectivity index (χ1) is 15.4. The van der Waals surface area contributed by atoms with E-state index in [1.165, 1.54) is 5.01 Å². The first kappa shape index (κ1) is 22.0. The number of amides is 1. The molecular weight excluding hydrogens is 453 g/mol. The molecule has 32 heavy (non-hydrogen) atoms. The molecule has 0 bridgehead atoms. The minimum absolute atomic E-state index is 0.168. The van der Waals surface area contributed by atoms with Gasteiger partial charge in [-0.3, -0.25) is 9.59 Å². The lowest BCUT2D eigenvalue weighted by Gasteiger charge is -2.23. The van der Waals surface area contributed by atoms with Crippen molar-refractivity contribution in [1.29, 1.82) is 0 Å². The van der Waals surface area contributed by atoms with Crippen LogP contribution in [0, 0.1) is 0 Å². The number of pyridine rings is 1. The number of fused-ring (bicyclic) bond motifs is 1. The maximum absolute atomic E-state index is 12.9. The van der Waals surface area contributed by atoms with E-state index in [9.17, 15) is 9.59 Å². The van der Waals surface area contributed by atoms with Crippen LogP contribution in [-0.2, 0) is 9.59 Å². The molecule has 3 aromatic rings. The van der Waals surface area contributed by atoms with Gasteiger partial charge < -0.3 is 9.84 Å². The van der Waals surface area contributed by atoms with Gasteiger partial charge in [0.25, 0.3) is 0 Å². The van der Waals surface area contributed by atoms with Gasteiger partial charge in [0.05, 0.1) is 30.8 Å². The van der Waals surface area contributed by atoms with E-state index >= 15 is 0 Å². The number of aromatic nitrogens is 1. The summed E-state index contributed by atoms with van der Waals surface area (Å²) in [5.74, 6) is -0.781. The number of ether oxygens (including phenoxy) is 1. The molecule has 2 aromatic carbocycles. The van der Waals surface area contributed by atoms with Gasteiger partial charge in [-0.05, 0) is 35.9 Å². The molecule has 0 fully saturated rings. The van der Waals surface area contributed by atoms with E-state index in [0.29, 0.717) is 34.0 Å². The number of halogens is 2. The van der Waals surface area contributed by atoms with Crippen LogP contribution in [0.15, 0.2) is 53.6 Å². The molecular formula is C23H19Cl2N3O4. The molecule has 1 unspecified atom stereocenters. The highest BCUT2D eigenvalue weighted by Gasteiger charge is 2.35. The molecule has 2 heterocycles. The Morgan fingerprint density at radius 3 is 2.56 bits per heavy atom. The Labute approximate surface area is 194 Å². The van der Waals surface area contributed by atoms with Gasteiger partial charge in [-0.2, -0.15) is 5.10 Å². The van der Waals surface area contributed by atoms with Crippen LogP contribution in [0.3, 0.4) is 0 Å². The molecule has 7 nitrogen and oxygen atoms in total. The number of methoxy groups -OCH3 is 1. The number of carboxylic acids is 1. The third-order valence-corrected chi connectivity index (χ3v) is 5.82. The van der Waals surface area contributed by atoms with Crippen LogP contribution >= 0.6 is 23.2 Å². The maximum Gasteiger partial charge on any atom is 0.303 e. The van der Waals surface area contributed by atoms with Crippen molar-refractivity contribution in [3.63, 3.8) is 0 Å². The number of nitrogens with zero attached hydrogens (tertiary/aromatic N) is 3. The lowest BCUT2D eigenvalue weighted by Crippen LogP contribution is -2.27. The fraction of sp³-hybridized carbons (Fsp3) is 0.217. The standard InChI is InChI=1S/C23H19Cl2N3O4/c1-32-16-7-4-14-10-17(23(25)26-18(14)11-16)20-12-19(13-2-5-15(24)6-3-13)27-28(20)21(29)8-9-22(30)31/h2-7,10-11,20H,8-9,12H2,1H3,(H,30,31). The van der Waals surface area contributed by atoms with Gasteiger partial charge in [0.2, 0.25) is 5.91 Å². The van der Waals surface area contributed by atoms with E-state index in [1.54, 1.807) is 25.3 Å². The Morgan fingerprint density at radius 1 is 1.12 bits per heavy atom. The van der Waals surface area contributed by atoms with Crippen LogP contribution in [0.2, 0.25) is 10.2 Å². The van der Waals surface area contributed by atoms with Crippen molar-refractivity contribution < 1.29 is 19.4 Å². The zero-order valence-corrected chi connectivity index (χ0v) is 18.6. The van der Waals surface area contributed by atoms with Gasteiger partial charge in [0, 0.05) is 34.9 Å². The summed E-state index contributed by atoms with van der Waals surface area (Å²) in [4.78, 5) is 28.3. The number of hydrazone groups is 1. The van der Waals surface area contributed by atoms with Crippen molar-refractivity contribution in [2.75, 3.05) is 7.11 Å². The second-order valence-electron chi connectivity index (χ2n) is 7.33. The smallest absolute Gasteiger partial charge is 0.303 e. The van der Waals surface area contributed by atoms with Gasteiger partial charge in [-0.1, -0.05) is 35.3 Å². The summed E-state index contributed by atoms with van der Waals surface area (Å²) in [5.41, 5.74) is 2.81. The van der Waals surface area contributed by atoms with Crippen LogP contribution < -0.4 is 4.74 Å². The van der Waals surface area contributed by atoms with E-state index in [0.717, 1.165) is 10.9 Å². The zero-order valence-electron chi connectivity index (χ0n) is 17.1. The highest BCUT2D eigenvalue weighted by molar-refractivity contribution is 6.31. The summed E-state index contributed by atoms with van der Waals surface area (Å²) in [6, 6.07) is 14.0. The second-order valence-corrected chi connectivity index (χ2v) is 8.13. The lowest BCUT2D eigenvalue weighted by molar-refractivity contribution is -0.141. The molecule has 4 rings (SSSR count). The number of aliphatic carboxylic acids is 1. The highest BCUT2D eigenvalue weighted by atomic mass is 35.5. The number of carbonyl (C=O) groups is 2. The van der Waals surface area contributed by atoms with E-state index in [-0.39, 0.29) is 18.0 Å². The molecule has 1 aliphatic heterocycles. The van der Waals surface area contributed by atoms with Crippen molar-refractivity contribution in [3.8, 4) is 5.75 Å². The van der Waals surface area contributed by atoms with Crippen LogP contribution in [0.4, 0.5) is 0 Å². The number of hydrogen-bond donors (Lipinski definition) is 1. The van der Waals surface area contributed by atoms with E-state index in [2.05, 4.69) is 10.1 Å². The quantitative estimate of drug-likeness (QED) is 0.505. The molecule has 0 spiro atoms. The van der Waals surface area contributed by atoms with Gasteiger partial charge in [-0.15, -0.1) is 0 Å². The van der Waals surface area contributed by atoms with Crippen molar-refractivity contribution in [2.24, 2.45) is 5.10 Å². The largest absolute Gasteiger partial charge is 0.497 e. The van der Waals surface area contributed by atoms with Gasteiger partial charge in [0.15, 0.2) is 0 Å². The molecule has 9 heteroatoms. The van der Waals surface area contributed by atoms with Crippen LogP contribution in [-0.4, -0.2) is 39.8 Å². The molecule has 1 aromatic heterocycles. The van der Waals surface area contributed by atoms with Crippen LogP contribution in [0.25, 0.3) is 10.9 Å². The summed E-state index contributed by atoms with van der Waals surface area (Å²) < 4.78 is 5.25. The molecule has 1 aliphatic rings. The average molecular weight is 472 g/mol. The Kier molecular flexibility index (Phi) is 6.30. The predicted molar refractivity (Wildman–Crippen MR) is 122 cm³/mol. The Hall–Kier alpha value is -3.16. The van der Waals surface area contributed by atoms with Crippen molar-refractivity contribution in [1.82, 2.24) is 9.99 Å². The topological polar surface area (TPSA) is 92.1 Å². The SMILES string of the molecule is COc1ccc2cc(C3CC(c4ccc(Cl)cc4)=NN3C(=O)CCC(=O)O)c(Cl)nc2c1. The molecule has 0 radical (unpaired) electrons. The first-order valence-electron chi connectivity index (χ1n) is 9.87. The molecule has 0 saturated carbocycles. The fourth-order valence-corrected chi connectivity index (χ4v) is 4.03. The summed E-state index contributed by atoms with van der Waals surface area (Å²) in [6.07, 6.45) is -0.0418. The predicted octanol–water partition coefficient (Wildman–Crippen LogP) is 5.09. The molecule has 0 aliphatic carbocycles. The molecule has 164 valence electrons. The third kappa shape index (κ3) is 4.54. The minimum Gasteiger partial charge on any atom is -0.497 e. The second kappa shape index (κ2) is 9.14. The van der Waals surface area contributed by atoms with Crippen LogP contribution in [0.5, 0.6) is 5.75 Å². The first-order valence-corrected chi connectivity index (χ1v) is 10.6. The summed E-state index contributed by atoms with van der Waals surface area (Å²) in [6.45, 7) is 0. The number of hydrogen-bond acceptors (Lipinski definition) is 5. The van der Waals surface area contributed by atoms with Crippen LogP contribution in [0.1, 0.15) is 36.4 Å². The number of carbonyl (C=O) groups excluding carboxylic acids is 1. The average Bonchev–Trinajstić information content (AvgIpc) is 3.22. The molecule has 1 N–H and O–H groups in total. The normalized spacial score (nSPS) is 15.7. The van der Waals surface area contributed by atoms with Crippen molar-refractivity contribution in [3.05, 3.63) is 69.8 Å². The lowest BCUT2D eigenvalue weighted by atomic mass is 9.98. The number of carboxylic acid groups (broad SMARTS) is 1. The van der Waals surface area contributed by atoms with Gasteiger partial charge >= 0.3 is 5.97 Å². The summed E-state index contributed by atoms with van der Waals surface area (Å²) in [5, 5.41) is 16.5. The van der Waals surface area contributed by atoms with Gasteiger partial charge in [-0.25, -0.2) is 9.99 Å². The number of benzene rings is 2. The molecule has 1 atom stereocenters. The Balaban J connectivity index is 1.73. The fourth-order valence-electron chi connectivity index (χ4n) is 3.63. The Morgan fingerprint density at radius 2 is 1.88 bits per heavy atom. The van der Waals surface area contributed by atoms with Crippen molar-refractivity contribution in [2.45, 2.75) is 25.3 Å². The maximum atomic E-state index is 12.9. The van der Waals surface area contributed by atoms with E-state index < -0.39 is 17.9 Å². The van der Waals surface area contributed by atoms with Gasteiger partial charge in [0.1, 0.15) is 10.9 Å². The molecule has 1 amide bonds. The van der Waals surface area contributed by atoms with Crippen molar-refractivity contribution >= 4 is 51.7 Å². The zero-order chi connectivity index (χ0) is 22.8. The highest BCUT2D eigenvalue weighted by Crippen LogP contribution is 2.38. The number of rotatable bonds is 6. The van der Waals surface area contributed by atoms with E-state index in [4.69, 9.17) is 33.0 Å². The summed E-state index contributed by atoms with van der Waals surface area (Å²) in [7, 11) is 1.58. The minimum atomic E-state index is -1.05. The summed E-state index contributed by atoms with van der Waals surface area (Å²) >= 11 is 12.5. The third-order valence-electron chi connectivity index (χ3n) is 5.26. The Bertz CT molecular complexity index is 1230. The molecule has 0 saturated heterocycles.